The Hall–Kier alpha value is -3.55. The first-order valence-corrected chi connectivity index (χ1v) is 7.87. The number of nitrogens with one attached hydrogen (secondary N) is 1. The standard InChI is InChI=1S/C18H16N4O4/c1-12-5-4-6-13(9-12)17(24)19-10-16(23)26-11-22-18(25)14-7-2-3-8-15(14)20-21-22/h2-9H,10-11H2,1H3,(H,19,24). The molecule has 1 aromatic heterocycles. The van der Waals surface area contributed by atoms with Gasteiger partial charge in [0.25, 0.3) is 11.5 Å². The van der Waals surface area contributed by atoms with Crippen molar-refractivity contribution in [2.24, 2.45) is 0 Å². The van der Waals surface area contributed by atoms with E-state index in [2.05, 4.69) is 15.6 Å². The van der Waals surface area contributed by atoms with Crippen LogP contribution in [0, 0.1) is 6.92 Å². The van der Waals surface area contributed by atoms with Gasteiger partial charge < -0.3 is 10.1 Å². The van der Waals surface area contributed by atoms with Gasteiger partial charge in [-0.1, -0.05) is 35.0 Å². The van der Waals surface area contributed by atoms with Gasteiger partial charge in [-0.3, -0.25) is 14.4 Å². The SMILES string of the molecule is Cc1cccc(C(=O)NCC(=O)OCn2nnc3ccccc3c2=O)c1. The summed E-state index contributed by atoms with van der Waals surface area (Å²) in [5.41, 5.74) is 1.45. The first-order valence-electron chi connectivity index (χ1n) is 7.87. The van der Waals surface area contributed by atoms with Crippen LogP contribution in [-0.2, 0) is 16.3 Å². The second kappa shape index (κ2) is 7.56. The van der Waals surface area contributed by atoms with Crippen LogP contribution >= 0.6 is 0 Å². The maximum Gasteiger partial charge on any atom is 0.327 e. The van der Waals surface area contributed by atoms with E-state index in [0.717, 1.165) is 10.2 Å². The molecule has 0 bridgehead atoms. The molecule has 3 rings (SSSR count). The van der Waals surface area contributed by atoms with Crippen molar-refractivity contribution in [1.82, 2.24) is 20.3 Å². The summed E-state index contributed by atoms with van der Waals surface area (Å²) in [7, 11) is 0. The molecule has 0 aliphatic carbocycles. The molecule has 0 aliphatic rings. The van der Waals surface area contributed by atoms with Crippen LogP contribution in [0.3, 0.4) is 0 Å². The molecule has 0 unspecified atom stereocenters. The lowest BCUT2D eigenvalue weighted by Gasteiger charge is -2.08. The molecule has 0 fully saturated rings. The van der Waals surface area contributed by atoms with Crippen LogP contribution < -0.4 is 10.9 Å². The molecule has 132 valence electrons. The number of fused-ring (bicyclic) bond motifs is 1. The number of esters is 1. The summed E-state index contributed by atoms with van der Waals surface area (Å²) >= 11 is 0. The molecule has 3 aromatic rings. The van der Waals surface area contributed by atoms with Crippen molar-refractivity contribution in [3.63, 3.8) is 0 Å². The highest BCUT2D eigenvalue weighted by Gasteiger charge is 2.11. The number of hydrogen-bond acceptors (Lipinski definition) is 6. The normalized spacial score (nSPS) is 10.5. The molecular weight excluding hydrogens is 336 g/mol. The van der Waals surface area contributed by atoms with E-state index in [1.54, 1.807) is 42.5 Å². The van der Waals surface area contributed by atoms with E-state index in [1.807, 2.05) is 13.0 Å². The average Bonchev–Trinajstić information content (AvgIpc) is 2.65. The zero-order valence-electron chi connectivity index (χ0n) is 14.0. The summed E-state index contributed by atoms with van der Waals surface area (Å²) in [5.74, 6) is -1.07. The topological polar surface area (TPSA) is 103 Å². The lowest BCUT2D eigenvalue weighted by molar-refractivity contribution is -0.146. The predicted molar refractivity (Wildman–Crippen MR) is 93.4 cm³/mol. The number of aromatic nitrogens is 3. The van der Waals surface area contributed by atoms with Gasteiger partial charge in [0.2, 0.25) is 0 Å². The second-order valence-electron chi connectivity index (χ2n) is 5.61. The third-order valence-electron chi connectivity index (χ3n) is 3.65. The Balaban J connectivity index is 1.57. The van der Waals surface area contributed by atoms with E-state index in [0.29, 0.717) is 16.5 Å². The highest BCUT2D eigenvalue weighted by molar-refractivity contribution is 5.96. The van der Waals surface area contributed by atoms with E-state index in [-0.39, 0.29) is 19.2 Å². The Morgan fingerprint density at radius 2 is 1.96 bits per heavy atom. The van der Waals surface area contributed by atoms with Crippen LogP contribution in [0.5, 0.6) is 0 Å². The maximum absolute atomic E-state index is 12.2. The molecule has 0 saturated heterocycles. The lowest BCUT2D eigenvalue weighted by Crippen LogP contribution is -2.32. The lowest BCUT2D eigenvalue weighted by atomic mass is 10.1. The number of benzene rings is 2. The van der Waals surface area contributed by atoms with Crippen molar-refractivity contribution < 1.29 is 14.3 Å². The van der Waals surface area contributed by atoms with Crippen molar-refractivity contribution >= 4 is 22.8 Å². The largest absolute Gasteiger partial charge is 0.441 e. The molecule has 1 amide bonds. The molecular formula is C18H16N4O4. The van der Waals surface area contributed by atoms with Crippen LogP contribution in [0.2, 0.25) is 0 Å². The minimum absolute atomic E-state index is 0.317. The molecule has 1 N–H and O–H groups in total. The first-order chi connectivity index (χ1) is 12.5. The fourth-order valence-corrected chi connectivity index (χ4v) is 2.33. The number of ether oxygens (including phenoxy) is 1. The van der Waals surface area contributed by atoms with Gasteiger partial charge in [-0.15, -0.1) is 5.10 Å². The zero-order chi connectivity index (χ0) is 18.5. The summed E-state index contributed by atoms with van der Waals surface area (Å²) in [6, 6.07) is 13.7. The number of nitrogens with zero attached hydrogens (tertiary/aromatic N) is 3. The van der Waals surface area contributed by atoms with Crippen molar-refractivity contribution in [2.75, 3.05) is 6.54 Å². The van der Waals surface area contributed by atoms with Crippen molar-refractivity contribution in [1.29, 1.82) is 0 Å². The Morgan fingerprint density at radius 1 is 1.15 bits per heavy atom. The van der Waals surface area contributed by atoms with Crippen LogP contribution in [-0.4, -0.2) is 33.4 Å². The molecule has 0 saturated carbocycles. The number of rotatable bonds is 5. The Bertz CT molecular complexity index is 1030. The summed E-state index contributed by atoms with van der Waals surface area (Å²) < 4.78 is 5.92. The van der Waals surface area contributed by atoms with E-state index in [1.165, 1.54) is 0 Å². The maximum atomic E-state index is 12.2. The fraction of sp³-hybridized carbons (Fsp3) is 0.167. The van der Waals surface area contributed by atoms with Crippen molar-refractivity contribution in [3.8, 4) is 0 Å². The molecule has 1 heterocycles. The third-order valence-corrected chi connectivity index (χ3v) is 3.65. The van der Waals surface area contributed by atoms with Gasteiger partial charge in [-0.2, -0.15) is 4.68 Å². The summed E-state index contributed by atoms with van der Waals surface area (Å²) in [6.45, 7) is 1.17. The molecule has 0 aliphatic heterocycles. The highest BCUT2D eigenvalue weighted by atomic mass is 16.5. The molecule has 2 aromatic carbocycles. The van der Waals surface area contributed by atoms with E-state index < -0.39 is 11.5 Å². The van der Waals surface area contributed by atoms with Gasteiger partial charge in [0.05, 0.1) is 5.39 Å². The first kappa shape index (κ1) is 17.3. The molecule has 8 nitrogen and oxygen atoms in total. The highest BCUT2D eigenvalue weighted by Crippen LogP contribution is 2.04. The van der Waals surface area contributed by atoms with Crippen LogP contribution in [0.25, 0.3) is 10.9 Å². The minimum Gasteiger partial charge on any atom is -0.441 e. The summed E-state index contributed by atoms with van der Waals surface area (Å²) in [4.78, 5) is 36.0. The second-order valence-corrected chi connectivity index (χ2v) is 5.61. The molecule has 26 heavy (non-hydrogen) atoms. The Kier molecular flexibility index (Phi) is 5.02. The number of carbonyl (C=O) groups excluding carboxylic acids is 2. The van der Waals surface area contributed by atoms with Gasteiger partial charge in [-0.25, -0.2) is 0 Å². The van der Waals surface area contributed by atoms with Crippen LogP contribution in [0.15, 0.2) is 53.3 Å². The number of aryl methyl sites for hydroxylation is 1. The van der Waals surface area contributed by atoms with E-state index >= 15 is 0 Å². The Labute approximate surface area is 148 Å². The van der Waals surface area contributed by atoms with Gasteiger partial charge in [0, 0.05) is 5.56 Å². The zero-order valence-corrected chi connectivity index (χ0v) is 14.0. The van der Waals surface area contributed by atoms with Crippen molar-refractivity contribution in [2.45, 2.75) is 13.7 Å². The third kappa shape index (κ3) is 3.92. The predicted octanol–water partition coefficient (Wildman–Crippen LogP) is 1.03. The molecule has 8 heteroatoms. The van der Waals surface area contributed by atoms with Gasteiger partial charge in [-0.05, 0) is 31.2 Å². The monoisotopic (exact) mass is 352 g/mol. The van der Waals surface area contributed by atoms with E-state index in [4.69, 9.17) is 4.74 Å². The minimum atomic E-state index is -0.687. The van der Waals surface area contributed by atoms with Gasteiger partial charge in [0.1, 0.15) is 12.1 Å². The van der Waals surface area contributed by atoms with Crippen LogP contribution in [0.4, 0.5) is 0 Å². The van der Waals surface area contributed by atoms with Gasteiger partial charge in [0.15, 0.2) is 6.73 Å². The van der Waals surface area contributed by atoms with Crippen molar-refractivity contribution in [3.05, 3.63) is 70.0 Å². The fourth-order valence-electron chi connectivity index (χ4n) is 2.33. The van der Waals surface area contributed by atoms with E-state index in [9.17, 15) is 14.4 Å². The summed E-state index contributed by atoms with van der Waals surface area (Å²) in [5, 5.41) is 10.5. The smallest absolute Gasteiger partial charge is 0.327 e. The average molecular weight is 352 g/mol. The van der Waals surface area contributed by atoms with Crippen LogP contribution in [0.1, 0.15) is 15.9 Å². The molecule has 0 spiro atoms. The quantitative estimate of drug-likeness (QED) is 0.688. The number of amides is 1. The Morgan fingerprint density at radius 3 is 2.77 bits per heavy atom. The number of hydrogen-bond donors (Lipinski definition) is 1. The van der Waals surface area contributed by atoms with Gasteiger partial charge >= 0.3 is 5.97 Å². The summed E-state index contributed by atoms with van der Waals surface area (Å²) in [6.07, 6.45) is 0. The molecule has 0 atom stereocenters. The number of carbonyl (C=O) groups is 2. The molecule has 0 radical (unpaired) electrons.